The van der Waals surface area contributed by atoms with E-state index in [4.69, 9.17) is 27.9 Å². The van der Waals surface area contributed by atoms with Gasteiger partial charge in [0, 0.05) is 15.9 Å². The molecule has 0 aromatic heterocycles. The summed E-state index contributed by atoms with van der Waals surface area (Å²) in [6.45, 7) is 0. The highest BCUT2D eigenvalue weighted by atomic mass is 79.9. The molecular weight excluding hydrogens is 405 g/mol. The quantitative estimate of drug-likeness (QED) is 0.737. The summed E-state index contributed by atoms with van der Waals surface area (Å²) >= 11 is 15.2. The molecule has 1 aliphatic rings. The average molecular weight is 415 g/mol. The first kappa shape index (κ1) is 16.3. The molecular formula is C16H10BrCl2NO3. The number of carbonyl (C=O) groups excluding carboxylic acids is 2. The molecule has 2 aromatic rings. The molecule has 1 atom stereocenters. The molecule has 0 bridgehead atoms. The fraction of sp³-hybridized carbons (Fsp3) is 0.125. The summed E-state index contributed by atoms with van der Waals surface area (Å²) < 4.78 is 6.05. The molecule has 118 valence electrons. The predicted octanol–water partition coefficient (Wildman–Crippen LogP) is 4.48. The van der Waals surface area contributed by atoms with Crippen LogP contribution in [0.25, 0.3) is 0 Å². The van der Waals surface area contributed by atoms with Crippen LogP contribution in [0.3, 0.4) is 0 Å². The molecule has 0 aliphatic carbocycles. The van der Waals surface area contributed by atoms with Crippen LogP contribution in [0.2, 0.25) is 10.0 Å². The lowest BCUT2D eigenvalue weighted by atomic mass is 9.98. The lowest BCUT2D eigenvalue weighted by Crippen LogP contribution is -2.38. The summed E-state index contributed by atoms with van der Waals surface area (Å²) in [6.07, 6.45) is -0.603. The number of hydrogen-bond acceptors (Lipinski definition) is 3. The topological polar surface area (TPSA) is 55.4 Å². The molecule has 7 heteroatoms. The second-order valence-electron chi connectivity index (χ2n) is 5.01. The molecule has 0 fully saturated rings. The van der Waals surface area contributed by atoms with Crippen molar-refractivity contribution in [3.05, 3.63) is 62.0 Å². The number of cyclic esters (lactones) is 1. The second kappa shape index (κ2) is 6.51. The maximum absolute atomic E-state index is 12.4. The Balaban J connectivity index is 1.80. The van der Waals surface area contributed by atoms with Crippen molar-refractivity contribution in [3.8, 4) is 0 Å². The molecule has 1 unspecified atom stereocenters. The normalized spacial score (nSPS) is 16.5. The third-order valence-corrected chi connectivity index (χ3v) is 4.46. The Morgan fingerprint density at radius 2 is 2.00 bits per heavy atom. The standard InChI is InChI=1S/C16H10BrCl2NO3/c17-9-1-3-11-8(5-9)6-14(23-16(11)22)15(21)20-13-4-2-10(18)7-12(13)19/h1-5,7,14H,6H2,(H,20,21). The van der Waals surface area contributed by atoms with Crippen LogP contribution in [-0.2, 0) is 16.0 Å². The fourth-order valence-corrected chi connectivity index (χ4v) is 3.18. The molecule has 2 aromatic carbocycles. The number of benzene rings is 2. The Hall–Kier alpha value is -1.56. The monoisotopic (exact) mass is 413 g/mol. The van der Waals surface area contributed by atoms with Gasteiger partial charge in [0.2, 0.25) is 0 Å². The molecule has 3 rings (SSSR count). The Morgan fingerprint density at radius 3 is 2.74 bits per heavy atom. The van der Waals surface area contributed by atoms with E-state index in [1.807, 2.05) is 6.07 Å². The highest BCUT2D eigenvalue weighted by Gasteiger charge is 2.31. The van der Waals surface area contributed by atoms with E-state index in [0.29, 0.717) is 27.7 Å². The van der Waals surface area contributed by atoms with E-state index < -0.39 is 18.0 Å². The fourth-order valence-electron chi connectivity index (χ4n) is 2.31. The number of carbonyl (C=O) groups is 2. The first-order valence-corrected chi connectivity index (χ1v) is 8.24. The second-order valence-corrected chi connectivity index (χ2v) is 6.77. The average Bonchev–Trinajstić information content (AvgIpc) is 2.49. The van der Waals surface area contributed by atoms with Gasteiger partial charge < -0.3 is 10.1 Å². The van der Waals surface area contributed by atoms with Crippen molar-refractivity contribution < 1.29 is 14.3 Å². The van der Waals surface area contributed by atoms with Crippen LogP contribution < -0.4 is 5.32 Å². The minimum absolute atomic E-state index is 0.303. The van der Waals surface area contributed by atoms with Crippen molar-refractivity contribution in [2.24, 2.45) is 0 Å². The van der Waals surface area contributed by atoms with Crippen LogP contribution in [0.4, 0.5) is 5.69 Å². The maximum Gasteiger partial charge on any atom is 0.339 e. The predicted molar refractivity (Wildman–Crippen MR) is 92.1 cm³/mol. The van der Waals surface area contributed by atoms with Crippen molar-refractivity contribution in [2.45, 2.75) is 12.5 Å². The van der Waals surface area contributed by atoms with Gasteiger partial charge >= 0.3 is 5.97 Å². The van der Waals surface area contributed by atoms with Crippen LogP contribution >= 0.6 is 39.1 Å². The summed E-state index contributed by atoms with van der Waals surface area (Å²) in [5.74, 6) is -0.950. The van der Waals surface area contributed by atoms with Crippen LogP contribution in [0.1, 0.15) is 15.9 Å². The molecule has 4 nitrogen and oxygen atoms in total. The first-order chi connectivity index (χ1) is 10.9. The van der Waals surface area contributed by atoms with Crippen LogP contribution in [0, 0.1) is 0 Å². The maximum atomic E-state index is 12.4. The molecule has 1 amide bonds. The number of nitrogens with one attached hydrogen (secondary N) is 1. The van der Waals surface area contributed by atoms with Crippen LogP contribution in [0.15, 0.2) is 40.9 Å². The highest BCUT2D eigenvalue weighted by molar-refractivity contribution is 9.10. The van der Waals surface area contributed by atoms with Gasteiger partial charge in [-0.2, -0.15) is 0 Å². The molecule has 1 N–H and O–H groups in total. The molecule has 0 saturated carbocycles. The zero-order chi connectivity index (χ0) is 16.6. The molecule has 0 spiro atoms. The van der Waals surface area contributed by atoms with Gasteiger partial charge in [-0.1, -0.05) is 39.1 Å². The van der Waals surface area contributed by atoms with Gasteiger partial charge in [-0.15, -0.1) is 0 Å². The number of ether oxygens (including phenoxy) is 1. The Kier molecular flexibility index (Phi) is 4.62. The molecule has 0 radical (unpaired) electrons. The third kappa shape index (κ3) is 3.52. The van der Waals surface area contributed by atoms with Gasteiger partial charge in [0.25, 0.3) is 5.91 Å². The van der Waals surface area contributed by atoms with Crippen molar-refractivity contribution in [1.82, 2.24) is 0 Å². The van der Waals surface area contributed by atoms with Crippen LogP contribution in [-0.4, -0.2) is 18.0 Å². The molecule has 1 heterocycles. The number of rotatable bonds is 2. The summed E-state index contributed by atoms with van der Waals surface area (Å²) in [7, 11) is 0. The van der Waals surface area contributed by atoms with Gasteiger partial charge in [0.1, 0.15) is 0 Å². The number of fused-ring (bicyclic) bond motifs is 1. The number of esters is 1. The highest BCUT2D eigenvalue weighted by Crippen LogP contribution is 2.28. The third-order valence-electron chi connectivity index (χ3n) is 3.42. The molecule has 0 saturated heterocycles. The van der Waals surface area contributed by atoms with Gasteiger partial charge in [0.15, 0.2) is 6.10 Å². The van der Waals surface area contributed by atoms with Crippen molar-refractivity contribution >= 4 is 56.7 Å². The van der Waals surface area contributed by atoms with Crippen LogP contribution in [0.5, 0.6) is 0 Å². The smallest absolute Gasteiger partial charge is 0.339 e. The summed E-state index contributed by atoms with van der Waals surface area (Å²) in [6, 6.07) is 9.98. The van der Waals surface area contributed by atoms with Crippen molar-refractivity contribution in [1.29, 1.82) is 0 Å². The van der Waals surface area contributed by atoms with Crippen molar-refractivity contribution in [3.63, 3.8) is 0 Å². The Labute approximate surface area is 150 Å². The van der Waals surface area contributed by atoms with Gasteiger partial charge in [-0.25, -0.2) is 4.79 Å². The van der Waals surface area contributed by atoms with E-state index in [-0.39, 0.29) is 0 Å². The zero-order valence-electron chi connectivity index (χ0n) is 11.6. The zero-order valence-corrected chi connectivity index (χ0v) is 14.7. The largest absolute Gasteiger partial charge is 0.448 e. The van der Waals surface area contributed by atoms with Gasteiger partial charge in [-0.3, -0.25) is 4.79 Å². The first-order valence-electron chi connectivity index (χ1n) is 6.69. The Bertz CT molecular complexity index is 810. The minimum atomic E-state index is -0.906. The SMILES string of the molecule is O=C1OC(C(=O)Nc2ccc(Cl)cc2Cl)Cc2cc(Br)ccc21. The lowest BCUT2D eigenvalue weighted by Gasteiger charge is -2.24. The van der Waals surface area contributed by atoms with Gasteiger partial charge in [-0.05, 0) is 42.0 Å². The number of amides is 1. The number of halogens is 3. The van der Waals surface area contributed by atoms with E-state index in [1.165, 1.54) is 6.07 Å². The van der Waals surface area contributed by atoms with E-state index in [0.717, 1.165) is 10.0 Å². The molecule has 23 heavy (non-hydrogen) atoms. The number of hydrogen-bond donors (Lipinski definition) is 1. The molecule has 1 aliphatic heterocycles. The van der Waals surface area contributed by atoms with E-state index in [2.05, 4.69) is 21.2 Å². The minimum Gasteiger partial charge on any atom is -0.448 e. The van der Waals surface area contributed by atoms with E-state index >= 15 is 0 Å². The summed E-state index contributed by atoms with van der Waals surface area (Å²) in [5, 5.41) is 3.44. The van der Waals surface area contributed by atoms with Gasteiger partial charge in [0.05, 0.1) is 16.3 Å². The summed E-state index contributed by atoms with van der Waals surface area (Å²) in [5.41, 5.74) is 1.65. The Morgan fingerprint density at radius 1 is 1.22 bits per heavy atom. The number of anilines is 1. The van der Waals surface area contributed by atoms with E-state index in [9.17, 15) is 9.59 Å². The summed E-state index contributed by atoms with van der Waals surface area (Å²) in [4.78, 5) is 24.4. The van der Waals surface area contributed by atoms with E-state index in [1.54, 1.807) is 24.3 Å². The lowest BCUT2D eigenvalue weighted by molar-refractivity contribution is -0.125. The van der Waals surface area contributed by atoms with Crippen molar-refractivity contribution in [2.75, 3.05) is 5.32 Å².